The lowest BCUT2D eigenvalue weighted by atomic mass is 9.87. The molecule has 3 N–H and O–H groups in total. The van der Waals surface area contributed by atoms with Gasteiger partial charge in [-0.2, -0.15) is 0 Å². The number of benzene rings is 3. The van der Waals surface area contributed by atoms with E-state index in [0.29, 0.717) is 17.5 Å². The van der Waals surface area contributed by atoms with Gasteiger partial charge in [-0.1, -0.05) is 19.1 Å². The third-order valence-electron chi connectivity index (χ3n) is 6.22. The van der Waals surface area contributed by atoms with Gasteiger partial charge >= 0.3 is 0 Å². The second kappa shape index (κ2) is 9.96. The van der Waals surface area contributed by atoms with E-state index < -0.39 is 0 Å². The Balaban J connectivity index is 1.46. The summed E-state index contributed by atoms with van der Waals surface area (Å²) < 4.78 is 27.6. The Hall–Kier alpha value is -3.58. The second-order valence-corrected chi connectivity index (χ2v) is 9.74. The molecule has 0 unspecified atom stereocenters. The van der Waals surface area contributed by atoms with Crippen molar-refractivity contribution in [3.63, 3.8) is 0 Å². The number of amides is 1. The summed E-state index contributed by atoms with van der Waals surface area (Å²) in [6, 6.07) is 17.1. The fraction of sp³-hybridized carbons (Fsp3) is 0.179. The number of aromatic amines is 2. The van der Waals surface area contributed by atoms with Crippen LogP contribution in [0.1, 0.15) is 36.8 Å². The molecule has 7 heteroatoms. The molecule has 0 fully saturated rings. The van der Waals surface area contributed by atoms with E-state index in [1.807, 2.05) is 36.7 Å². The first kappa shape index (κ1) is 23.2. The summed E-state index contributed by atoms with van der Waals surface area (Å²) in [7, 11) is 0. The van der Waals surface area contributed by atoms with Gasteiger partial charge in [0.05, 0.1) is 5.69 Å². The number of aromatic nitrogens is 2. The van der Waals surface area contributed by atoms with Crippen LogP contribution in [0.4, 0.5) is 14.5 Å². The van der Waals surface area contributed by atoms with Crippen LogP contribution in [0.25, 0.3) is 21.8 Å². The van der Waals surface area contributed by atoms with E-state index >= 15 is 0 Å². The van der Waals surface area contributed by atoms with Gasteiger partial charge in [0, 0.05) is 51.4 Å². The predicted octanol–water partition coefficient (Wildman–Crippen LogP) is 7.59. The number of nitrogens with one attached hydrogen (secondary N) is 3. The molecular formula is C28H25F2N3OS. The van der Waals surface area contributed by atoms with Gasteiger partial charge in [0.1, 0.15) is 11.6 Å². The van der Waals surface area contributed by atoms with Crippen LogP contribution >= 0.6 is 11.8 Å². The van der Waals surface area contributed by atoms with Gasteiger partial charge in [0.2, 0.25) is 5.91 Å². The van der Waals surface area contributed by atoms with Crippen molar-refractivity contribution >= 4 is 45.2 Å². The summed E-state index contributed by atoms with van der Waals surface area (Å²) in [5.41, 5.74) is 4.16. The Bertz CT molecular complexity index is 1430. The number of carbonyl (C=O) groups excluding carboxylic acids is 1. The van der Waals surface area contributed by atoms with Crippen molar-refractivity contribution in [1.82, 2.24) is 9.97 Å². The molecule has 2 heterocycles. The number of fused-ring (bicyclic) bond motifs is 2. The molecule has 178 valence electrons. The van der Waals surface area contributed by atoms with Gasteiger partial charge in [-0.25, -0.2) is 8.78 Å². The predicted molar refractivity (Wildman–Crippen MR) is 139 cm³/mol. The van der Waals surface area contributed by atoms with E-state index in [0.717, 1.165) is 38.2 Å². The van der Waals surface area contributed by atoms with Crippen LogP contribution in [0, 0.1) is 11.6 Å². The molecule has 0 aliphatic rings. The number of carbonyl (C=O) groups is 1. The standard InChI is InChI=1S/C28H25F2N3OS/c1-2-35-27-6-4-3-5-24(27)33-28(34)12-11-19(22-15-31-25-13-17(29)7-9-20(22)25)23-16-32-26-14-18(30)8-10-21(23)26/h3-10,13-16,19,31-32H,2,11-12H2,1H3,(H,33,34). The van der Waals surface area contributed by atoms with Crippen molar-refractivity contribution < 1.29 is 13.6 Å². The van der Waals surface area contributed by atoms with Gasteiger partial charge in [-0.3, -0.25) is 4.79 Å². The number of hydrogen-bond donors (Lipinski definition) is 3. The number of anilines is 1. The number of para-hydroxylation sites is 1. The van der Waals surface area contributed by atoms with E-state index in [1.54, 1.807) is 23.9 Å². The number of rotatable bonds is 8. The van der Waals surface area contributed by atoms with Gasteiger partial charge in [-0.05, 0) is 71.8 Å². The normalized spacial score (nSPS) is 11.5. The average molecular weight is 490 g/mol. The Kier molecular flexibility index (Phi) is 6.59. The molecule has 3 aromatic carbocycles. The van der Waals surface area contributed by atoms with Crippen LogP contribution in [-0.2, 0) is 4.79 Å². The molecule has 5 aromatic rings. The maximum absolute atomic E-state index is 13.8. The minimum atomic E-state index is -0.312. The summed E-state index contributed by atoms with van der Waals surface area (Å²) in [4.78, 5) is 20.4. The highest BCUT2D eigenvalue weighted by Crippen LogP contribution is 2.38. The molecule has 0 atom stereocenters. The topological polar surface area (TPSA) is 60.7 Å². The average Bonchev–Trinajstić information content (AvgIpc) is 3.45. The van der Waals surface area contributed by atoms with Crippen LogP contribution in [0.15, 0.2) is 78.0 Å². The summed E-state index contributed by atoms with van der Waals surface area (Å²) >= 11 is 1.69. The van der Waals surface area contributed by atoms with Crippen LogP contribution in [0.3, 0.4) is 0 Å². The fourth-order valence-electron chi connectivity index (χ4n) is 4.64. The van der Waals surface area contributed by atoms with Crippen LogP contribution in [0.2, 0.25) is 0 Å². The molecule has 0 radical (unpaired) electrons. The van der Waals surface area contributed by atoms with E-state index in [4.69, 9.17) is 0 Å². The molecule has 2 aromatic heterocycles. The molecule has 0 saturated carbocycles. The SMILES string of the molecule is CCSc1ccccc1NC(=O)CCC(c1c[nH]c2cc(F)ccc12)c1c[nH]c2cc(F)ccc12. The molecular weight excluding hydrogens is 464 g/mol. The number of thioether (sulfide) groups is 1. The monoisotopic (exact) mass is 489 g/mol. The zero-order valence-electron chi connectivity index (χ0n) is 19.2. The Morgan fingerprint density at radius 1 is 0.914 bits per heavy atom. The van der Waals surface area contributed by atoms with Crippen LogP contribution in [-0.4, -0.2) is 21.6 Å². The van der Waals surface area contributed by atoms with Crippen molar-refractivity contribution in [1.29, 1.82) is 0 Å². The molecule has 5 rings (SSSR count). The Morgan fingerprint density at radius 2 is 1.51 bits per heavy atom. The molecule has 0 saturated heterocycles. The Labute approximate surface area is 206 Å². The number of H-pyrrole nitrogens is 2. The minimum absolute atomic E-state index is 0.0732. The lowest BCUT2D eigenvalue weighted by Gasteiger charge is -2.17. The largest absolute Gasteiger partial charge is 0.361 e. The zero-order valence-corrected chi connectivity index (χ0v) is 20.0. The molecule has 35 heavy (non-hydrogen) atoms. The lowest BCUT2D eigenvalue weighted by Crippen LogP contribution is -2.14. The highest BCUT2D eigenvalue weighted by molar-refractivity contribution is 7.99. The third-order valence-corrected chi connectivity index (χ3v) is 7.18. The molecule has 0 aliphatic carbocycles. The summed E-state index contributed by atoms with van der Waals surface area (Å²) in [6.45, 7) is 2.08. The van der Waals surface area contributed by atoms with Gasteiger partial charge in [-0.15, -0.1) is 11.8 Å². The summed E-state index contributed by atoms with van der Waals surface area (Å²) in [5.74, 6) is 0.0634. The minimum Gasteiger partial charge on any atom is -0.361 e. The number of halogens is 2. The van der Waals surface area contributed by atoms with Gasteiger partial charge in [0.25, 0.3) is 0 Å². The van der Waals surface area contributed by atoms with E-state index in [9.17, 15) is 13.6 Å². The van der Waals surface area contributed by atoms with Crippen molar-refractivity contribution in [2.45, 2.75) is 30.6 Å². The van der Waals surface area contributed by atoms with Crippen molar-refractivity contribution in [3.05, 3.63) is 95.8 Å². The number of hydrogen-bond acceptors (Lipinski definition) is 2. The molecule has 0 aliphatic heterocycles. The van der Waals surface area contributed by atoms with Crippen molar-refractivity contribution in [2.75, 3.05) is 11.1 Å². The van der Waals surface area contributed by atoms with E-state index in [1.165, 1.54) is 24.3 Å². The maximum atomic E-state index is 13.8. The van der Waals surface area contributed by atoms with Gasteiger partial charge in [0.15, 0.2) is 0 Å². The Morgan fingerprint density at radius 3 is 2.11 bits per heavy atom. The second-order valence-electron chi connectivity index (χ2n) is 8.44. The molecule has 4 nitrogen and oxygen atoms in total. The third kappa shape index (κ3) is 4.82. The van der Waals surface area contributed by atoms with Crippen molar-refractivity contribution in [2.24, 2.45) is 0 Å². The lowest BCUT2D eigenvalue weighted by molar-refractivity contribution is -0.116. The summed E-state index contributed by atoms with van der Waals surface area (Å²) in [5, 5.41) is 4.86. The quantitative estimate of drug-likeness (QED) is 0.197. The highest BCUT2D eigenvalue weighted by atomic mass is 32.2. The zero-order chi connectivity index (χ0) is 24.4. The fourth-order valence-corrected chi connectivity index (χ4v) is 5.40. The van der Waals surface area contributed by atoms with Crippen molar-refractivity contribution in [3.8, 4) is 0 Å². The first-order chi connectivity index (χ1) is 17.0. The first-order valence-corrected chi connectivity index (χ1v) is 12.6. The van der Waals surface area contributed by atoms with Crippen LogP contribution in [0.5, 0.6) is 0 Å². The molecule has 0 bridgehead atoms. The summed E-state index contributed by atoms with van der Waals surface area (Å²) in [6.07, 6.45) is 4.57. The highest BCUT2D eigenvalue weighted by Gasteiger charge is 2.23. The molecule has 0 spiro atoms. The van der Waals surface area contributed by atoms with Crippen LogP contribution < -0.4 is 5.32 Å². The van der Waals surface area contributed by atoms with E-state index in [2.05, 4.69) is 22.2 Å². The van der Waals surface area contributed by atoms with Gasteiger partial charge < -0.3 is 15.3 Å². The first-order valence-electron chi connectivity index (χ1n) is 11.6. The maximum Gasteiger partial charge on any atom is 0.224 e. The smallest absolute Gasteiger partial charge is 0.224 e. The molecule has 1 amide bonds. The van der Waals surface area contributed by atoms with E-state index in [-0.39, 0.29) is 29.9 Å².